The van der Waals surface area contributed by atoms with E-state index in [1.54, 1.807) is 12.1 Å². The third kappa shape index (κ3) is 3.98. The van der Waals surface area contributed by atoms with Gasteiger partial charge in [-0.15, -0.1) is 0 Å². The fraction of sp³-hybridized carbons (Fsp3) is 0.400. The average molecular weight is 432 g/mol. The minimum absolute atomic E-state index is 0.0421. The molecular weight excluding hydrogens is 407 g/mol. The summed E-state index contributed by atoms with van der Waals surface area (Å²) in [5.41, 5.74) is 3.57. The Hall–Kier alpha value is -3.24. The molecule has 1 aliphatic carbocycles. The number of piperidine rings is 2. The van der Waals surface area contributed by atoms with Crippen molar-refractivity contribution >= 4 is 17.5 Å². The first-order valence-electron chi connectivity index (χ1n) is 11.2. The monoisotopic (exact) mass is 432 g/mol. The van der Waals surface area contributed by atoms with Crippen LogP contribution in [-0.2, 0) is 22.4 Å². The van der Waals surface area contributed by atoms with E-state index in [9.17, 15) is 19.2 Å². The second-order valence-electron chi connectivity index (χ2n) is 9.05. The van der Waals surface area contributed by atoms with Crippen molar-refractivity contribution in [3.8, 4) is 17.2 Å². The van der Waals surface area contributed by atoms with E-state index in [0.29, 0.717) is 29.5 Å². The Morgan fingerprint density at radius 2 is 1.91 bits per heavy atom. The van der Waals surface area contributed by atoms with Gasteiger partial charge in [0.05, 0.1) is 18.5 Å². The van der Waals surface area contributed by atoms with Gasteiger partial charge in [0.1, 0.15) is 11.9 Å². The molecule has 0 spiro atoms. The van der Waals surface area contributed by atoms with E-state index in [4.69, 9.17) is 0 Å². The Morgan fingerprint density at radius 3 is 2.59 bits per heavy atom. The van der Waals surface area contributed by atoms with Crippen molar-refractivity contribution in [2.75, 3.05) is 5.32 Å². The molecule has 2 aromatic carbocycles. The third-order valence-electron chi connectivity index (χ3n) is 6.96. The molecule has 2 amide bonds. The van der Waals surface area contributed by atoms with Gasteiger partial charge in [0.25, 0.3) is 0 Å². The van der Waals surface area contributed by atoms with Crippen molar-refractivity contribution in [1.29, 1.82) is 5.26 Å². The molecule has 3 fully saturated rings. The van der Waals surface area contributed by atoms with E-state index >= 15 is 0 Å². The molecule has 2 saturated heterocycles. The molecule has 0 aromatic heterocycles. The second kappa shape index (κ2) is 8.36. The van der Waals surface area contributed by atoms with Crippen LogP contribution >= 0.6 is 0 Å². The quantitative estimate of drug-likeness (QED) is 0.677. The average Bonchev–Trinajstić information content (AvgIpc) is 3.19. The molecule has 2 aromatic rings. The zero-order chi connectivity index (χ0) is 22.2. The summed E-state index contributed by atoms with van der Waals surface area (Å²) in [6, 6.07) is 11.9. The molecule has 0 unspecified atom stereocenters. The lowest BCUT2D eigenvalue weighted by Gasteiger charge is -2.42. The molecule has 32 heavy (non-hydrogen) atoms. The number of benzene rings is 2. The van der Waals surface area contributed by atoms with Gasteiger partial charge in [0, 0.05) is 18.2 Å². The van der Waals surface area contributed by atoms with Gasteiger partial charge in [-0.05, 0) is 66.0 Å². The third-order valence-corrected chi connectivity index (χ3v) is 6.96. The van der Waals surface area contributed by atoms with Crippen LogP contribution in [-0.4, -0.2) is 29.9 Å². The van der Waals surface area contributed by atoms with E-state index < -0.39 is 11.9 Å². The SMILES string of the molecule is N#C[C@H](Cc1ccc(-c2ccc3c(c2)NC(=O)C3)cc1F)NC(=O)[C@H]1NC2CCC1CC2. The second-order valence-corrected chi connectivity index (χ2v) is 9.05. The lowest BCUT2D eigenvalue weighted by atomic mass is 9.76. The van der Waals surface area contributed by atoms with Crippen LogP contribution in [0.15, 0.2) is 36.4 Å². The smallest absolute Gasteiger partial charge is 0.238 e. The molecule has 1 saturated carbocycles. The Labute approximate surface area is 186 Å². The van der Waals surface area contributed by atoms with E-state index in [1.807, 2.05) is 18.2 Å². The standard InChI is InChI=1S/C25H25FN4O2/c26-21-10-15(16-2-4-18-12-23(31)30-22(18)11-16)1-3-17(21)9-20(13-27)29-25(32)24-14-5-7-19(28-24)8-6-14/h1-4,10-11,14,19-20,24,28H,5-9,12H2,(H,29,32)(H,30,31)/t14?,19?,20-,24-/m0/s1. The highest BCUT2D eigenvalue weighted by Gasteiger charge is 2.39. The molecule has 6 nitrogen and oxygen atoms in total. The van der Waals surface area contributed by atoms with Crippen molar-refractivity contribution in [2.45, 2.75) is 56.7 Å². The van der Waals surface area contributed by atoms with E-state index in [0.717, 1.165) is 42.5 Å². The van der Waals surface area contributed by atoms with Crippen LogP contribution in [0.2, 0.25) is 0 Å². The number of carbonyl (C=O) groups is 2. The number of amides is 2. The number of hydrogen-bond acceptors (Lipinski definition) is 4. The minimum atomic E-state index is -0.791. The molecule has 2 bridgehead atoms. The number of anilines is 1. The first-order chi connectivity index (χ1) is 15.5. The zero-order valence-corrected chi connectivity index (χ0v) is 17.7. The Kier molecular flexibility index (Phi) is 5.40. The van der Waals surface area contributed by atoms with Crippen LogP contribution in [0, 0.1) is 23.1 Å². The van der Waals surface area contributed by atoms with Gasteiger partial charge in [0.15, 0.2) is 0 Å². The maximum Gasteiger partial charge on any atom is 0.238 e. The van der Waals surface area contributed by atoms with Gasteiger partial charge in [-0.3, -0.25) is 9.59 Å². The predicted molar refractivity (Wildman–Crippen MR) is 118 cm³/mol. The molecule has 6 rings (SSSR count). The Morgan fingerprint density at radius 1 is 1.16 bits per heavy atom. The van der Waals surface area contributed by atoms with Crippen LogP contribution in [0.25, 0.3) is 11.1 Å². The van der Waals surface area contributed by atoms with Gasteiger partial charge >= 0.3 is 0 Å². The summed E-state index contributed by atoms with van der Waals surface area (Å²) < 4.78 is 14.9. The number of carbonyl (C=O) groups excluding carboxylic acids is 2. The number of rotatable bonds is 5. The van der Waals surface area contributed by atoms with Crippen molar-refractivity contribution in [3.63, 3.8) is 0 Å². The van der Waals surface area contributed by atoms with Gasteiger partial charge in [-0.25, -0.2) is 4.39 Å². The molecule has 3 N–H and O–H groups in total. The topological polar surface area (TPSA) is 94.0 Å². The zero-order valence-electron chi connectivity index (χ0n) is 17.7. The molecule has 3 heterocycles. The number of fused-ring (bicyclic) bond motifs is 4. The van der Waals surface area contributed by atoms with Gasteiger partial charge in [-0.2, -0.15) is 5.26 Å². The summed E-state index contributed by atoms with van der Waals surface area (Å²) in [6.45, 7) is 0. The fourth-order valence-corrected chi connectivity index (χ4v) is 5.20. The first-order valence-corrected chi connectivity index (χ1v) is 11.2. The summed E-state index contributed by atoms with van der Waals surface area (Å²) in [5.74, 6) is -0.313. The molecule has 0 radical (unpaired) electrons. The van der Waals surface area contributed by atoms with Crippen molar-refractivity contribution in [1.82, 2.24) is 10.6 Å². The number of nitrogens with one attached hydrogen (secondary N) is 3. The Bertz CT molecular complexity index is 1120. The largest absolute Gasteiger partial charge is 0.339 e. The molecular formula is C25H25FN4O2. The minimum Gasteiger partial charge on any atom is -0.339 e. The molecule has 3 aliphatic heterocycles. The number of halogens is 1. The van der Waals surface area contributed by atoms with Gasteiger partial charge in [-0.1, -0.05) is 24.3 Å². The lowest BCUT2D eigenvalue weighted by Crippen LogP contribution is -2.59. The maximum atomic E-state index is 14.9. The fourth-order valence-electron chi connectivity index (χ4n) is 5.20. The highest BCUT2D eigenvalue weighted by molar-refractivity contribution is 6.00. The summed E-state index contributed by atoms with van der Waals surface area (Å²) in [4.78, 5) is 24.3. The molecule has 164 valence electrons. The van der Waals surface area contributed by atoms with Gasteiger partial charge in [0.2, 0.25) is 11.8 Å². The van der Waals surface area contributed by atoms with Crippen LogP contribution in [0.3, 0.4) is 0 Å². The number of hydrogen-bond donors (Lipinski definition) is 3. The maximum absolute atomic E-state index is 14.9. The number of nitriles is 1. The van der Waals surface area contributed by atoms with Crippen LogP contribution < -0.4 is 16.0 Å². The molecule has 4 aliphatic rings. The van der Waals surface area contributed by atoms with E-state index in [-0.39, 0.29) is 24.3 Å². The van der Waals surface area contributed by atoms with Crippen LogP contribution in [0.1, 0.15) is 36.8 Å². The Balaban J connectivity index is 1.27. The highest BCUT2D eigenvalue weighted by Crippen LogP contribution is 2.33. The first kappa shape index (κ1) is 20.7. The van der Waals surface area contributed by atoms with Crippen LogP contribution in [0.5, 0.6) is 0 Å². The summed E-state index contributed by atoms with van der Waals surface area (Å²) in [7, 11) is 0. The molecule has 7 heteroatoms. The van der Waals surface area contributed by atoms with Gasteiger partial charge < -0.3 is 16.0 Å². The normalized spacial score (nSPS) is 24.4. The molecule has 2 atom stereocenters. The summed E-state index contributed by atoms with van der Waals surface area (Å²) in [6.07, 6.45) is 4.75. The lowest BCUT2D eigenvalue weighted by molar-refractivity contribution is -0.127. The van der Waals surface area contributed by atoms with Crippen molar-refractivity contribution < 1.29 is 14.0 Å². The highest BCUT2D eigenvalue weighted by atomic mass is 19.1. The summed E-state index contributed by atoms with van der Waals surface area (Å²) in [5, 5.41) is 18.6. The number of nitrogens with zero attached hydrogens (tertiary/aromatic N) is 1. The van der Waals surface area contributed by atoms with Crippen molar-refractivity contribution in [2.24, 2.45) is 5.92 Å². The van der Waals surface area contributed by atoms with Crippen LogP contribution in [0.4, 0.5) is 10.1 Å². The summed E-state index contributed by atoms with van der Waals surface area (Å²) >= 11 is 0. The van der Waals surface area contributed by atoms with E-state index in [2.05, 4.69) is 22.0 Å². The van der Waals surface area contributed by atoms with E-state index in [1.165, 1.54) is 6.07 Å². The van der Waals surface area contributed by atoms with Crippen molar-refractivity contribution in [3.05, 3.63) is 53.3 Å². The predicted octanol–water partition coefficient (Wildman–Crippen LogP) is 3.07.